The van der Waals surface area contributed by atoms with Crippen molar-refractivity contribution in [3.63, 3.8) is 0 Å². The third-order valence-corrected chi connectivity index (χ3v) is 4.43. The molecule has 3 aromatic rings. The number of hydrogen-bond acceptors (Lipinski definition) is 2. The summed E-state index contributed by atoms with van der Waals surface area (Å²) in [6, 6.07) is 19.5. The Kier molecular flexibility index (Phi) is 4.83. The Balaban J connectivity index is 1.83. The van der Waals surface area contributed by atoms with E-state index in [1.165, 1.54) is 12.1 Å². The Bertz CT molecular complexity index is 754. The Morgan fingerprint density at radius 2 is 1.65 bits per heavy atom. The van der Waals surface area contributed by atoms with Crippen LogP contribution in [-0.4, -0.2) is 5.91 Å². The van der Waals surface area contributed by atoms with Crippen LogP contribution in [0.15, 0.2) is 72.1 Å². The summed E-state index contributed by atoms with van der Waals surface area (Å²) in [7, 11) is 0. The van der Waals surface area contributed by atoms with E-state index in [1.807, 2.05) is 47.8 Å². The van der Waals surface area contributed by atoms with Crippen LogP contribution >= 0.6 is 11.3 Å². The zero-order chi connectivity index (χ0) is 16.1. The molecule has 1 amide bonds. The SMILES string of the molecule is O=C(Cc1cccs1)NC(c1ccccc1)c1ccc(F)cc1. The Labute approximate surface area is 138 Å². The zero-order valence-corrected chi connectivity index (χ0v) is 13.2. The average molecular weight is 325 g/mol. The molecule has 0 spiro atoms. The van der Waals surface area contributed by atoms with Crippen molar-refractivity contribution in [1.29, 1.82) is 0 Å². The second-order valence-electron chi connectivity index (χ2n) is 5.22. The van der Waals surface area contributed by atoms with Gasteiger partial charge < -0.3 is 5.32 Å². The number of halogens is 1. The number of carbonyl (C=O) groups is 1. The Hall–Kier alpha value is -2.46. The molecule has 0 fully saturated rings. The predicted molar refractivity (Wildman–Crippen MR) is 90.9 cm³/mol. The van der Waals surface area contributed by atoms with Gasteiger partial charge in [0, 0.05) is 4.88 Å². The van der Waals surface area contributed by atoms with Crippen molar-refractivity contribution in [2.75, 3.05) is 0 Å². The summed E-state index contributed by atoms with van der Waals surface area (Å²) < 4.78 is 13.2. The smallest absolute Gasteiger partial charge is 0.226 e. The summed E-state index contributed by atoms with van der Waals surface area (Å²) >= 11 is 1.56. The molecule has 1 aromatic heterocycles. The fourth-order valence-corrected chi connectivity index (χ4v) is 3.15. The van der Waals surface area contributed by atoms with E-state index in [0.29, 0.717) is 6.42 Å². The van der Waals surface area contributed by atoms with E-state index < -0.39 is 0 Å². The van der Waals surface area contributed by atoms with Crippen molar-refractivity contribution < 1.29 is 9.18 Å². The maximum absolute atomic E-state index is 13.2. The molecule has 0 bridgehead atoms. The number of benzene rings is 2. The van der Waals surface area contributed by atoms with Crippen LogP contribution in [-0.2, 0) is 11.2 Å². The maximum Gasteiger partial charge on any atom is 0.226 e. The number of nitrogens with one attached hydrogen (secondary N) is 1. The van der Waals surface area contributed by atoms with E-state index in [2.05, 4.69) is 5.32 Å². The summed E-state index contributed by atoms with van der Waals surface area (Å²) in [5.41, 5.74) is 1.83. The molecule has 0 aliphatic carbocycles. The minimum atomic E-state index is -0.288. The highest BCUT2D eigenvalue weighted by Gasteiger charge is 2.17. The van der Waals surface area contributed by atoms with Crippen molar-refractivity contribution in [2.24, 2.45) is 0 Å². The lowest BCUT2D eigenvalue weighted by Crippen LogP contribution is -2.30. The molecule has 3 rings (SSSR count). The van der Waals surface area contributed by atoms with Crippen LogP contribution in [0.5, 0.6) is 0 Å². The second-order valence-corrected chi connectivity index (χ2v) is 6.25. The number of hydrogen-bond donors (Lipinski definition) is 1. The highest BCUT2D eigenvalue weighted by molar-refractivity contribution is 7.10. The molecule has 23 heavy (non-hydrogen) atoms. The molecule has 0 saturated heterocycles. The third kappa shape index (κ3) is 4.05. The molecule has 1 atom stereocenters. The minimum absolute atomic E-state index is 0.0503. The van der Waals surface area contributed by atoms with Gasteiger partial charge in [-0.25, -0.2) is 4.39 Å². The van der Waals surface area contributed by atoms with E-state index in [1.54, 1.807) is 23.5 Å². The molecule has 0 radical (unpaired) electrons. The maximum atomic E-state index is 13.2. The van der Waals surface area contributed by atoms with Gasteiger partial charge in [0.25, 0.3) is 0 Å². The molecule has 4 heteroatoms. The first-order valence-corrected chi connectivity index (χ1v) is 8.22. The lowest BCUT2D eigenvalue weighted by Gasteiger charge is -2.20. The fraction of sp³-hybridized carbons (Fsp3) is 0.105. The highest BCUT2D eigenvalue weighted by Crippen LogP contribution is 2.22. The van der Waals surface area contributed by atoms with Crippen molar-refractivity contribution in [3.8, 4) is 0 Å². The number of carbonyl (C=O) groups excluding carboxylic acids is 1. The average Bonchev–Trinajstić information content (AvgIpc) is 3.07. The lowest BCUT2D eigenvalue weighted by atomic mass is 9.98. The summed E-state index contributed by atoms with van der Waals surface area (Å²) in [6.45, 7) is 0. The molecular weight excluding hydrogens is 309 g/mol. The second kappa shape index (κ2) is 7.20. The Morgan fingerprint density at radius 1 is 0.957 bits per heavy atom. The summed E-state index contributed by atoms with van der Waals surface area (Å²) in [4.78, 5) is 13.4. The predicted octanol–water partition coefficient (Wildman–Crippen LogP) is 4.34. The van der Waals surface area contributed by atoms with Crippen LogP contribution in [0.3, 0.4) is 0 Å². The molecule has 2 nitrogen and oxygen atoms in total. The molecule has 2 aromatic carbocycles. The van der Waals surface area contributed by atoms with Gasteiger partial charge in [-0.3, -0.25) is 4.79 Å². The number of amides is 1. The molecule has 1 N–H and O–H groups in total. The van der Waals surface area contributed by atoms with Crippen LogP contribution in [0, 0.1) is 5.82 Å². The topological polar surface area (TPSA) is 29.1 Å². The van der Waals surface area contributed by atoms with Gasteiger partial charge in [0.05, 0.1) is 12.5 Å². The fourth-order valence-electron chi connectivity index (χ4n) is 2.44. The minimum Gasteiger partial charge on any atom is -0.345 e. The highest BCUT2D eigenvalue weighted by atomic mass is 32.1. The van der Waals surface area contributed by atoms with Gasteiger partial charge in [-0.05, 0) is 34.7 Å². The quantitative estimate of drug-likeness (QED) is 0.743. The van der Waals surface area contributed by atoms with Crippen LogP contribution in [0.4, 0.5) is 4.39 Å². The molecule has 0 aliphatic heterocycles. The number of rotatable bonds is 5. The van der Waals surface area contributed by atoms with E-state index in [4.69, 9.17) is 0 Å². The molecule has 116 valence electrons. The van der Waals surface area contributed by atoms with Gasteiger partial charge in [0.1, 0.15) is 5.82 Å². The first-order chi connectivity index (χ1) is 11.2. The standard InChI is InChI=1S/C19H16FNOS/c20-16-10-8-15(9-11-16)19(14-5-2-1-3-6-14)21-18(22)13-17-7-4-12-23-17/h1-12,19H,13H2,(H,21,22). The van der Waals surface area contributed by atoms with Crippen LogP contribution < -0.4 is 5.32 Å². The monoisotopic (exact) mass is 325 g/mol. The van der Waals surface area contributed by atoms with Gasteiger partial charge in [-0.1, -0.05) is 48.5 Å². The van der Waals surface area contributed by atoms with E-state index >= 15 is 0 Å². The van der Waals surface area contributed by atoms with Crippen LogP contribution in [0.1, 0.15) is 22.0 Å². The van der Waals surface area contributed by atoms with Crippen molar-refractivity contribution >= 4 is 17.2 Å². The van der Waals surface area contributed by atoms with E-state index in [0.717, 1.165) is 16.0 Å². The third-order valence-electron chi connectivity index (χ3n) is 3.56. The van der Waals surface area contributed by atoms with Crippen LogP contribution in [0.25, 0.3) is 0 Å². The molecule has 0 aliphatic rings. The van der Waals surface area contributed by atoms with Gasteiger partial charge in [-0.15, -0.1) is 11.3 Å². The number of thiophene rings is 1. The van der Waals surface area contributed by atoms with Gasteiger partial charge in [0.15, 0.2) is 0 Å². The molecular formula is C19H16FNOS. The van der Waals surface area contributed by atoms with Gasteiger partial charge in [0.2, 0.25) is 5.91 Å². The first kappa shape index (κ1) is 15.4. The normalized spacial score (nSPS) is 11.9. The molecule has 1 heterocycles. The largest absolute Gasteiger partial charge is 0.345 e. The summed E-state index contributed by atoms with van der Waals surface area (Å²) in [5.74, 6) is -0.337. The van der Waals surface area contributed by atoms with Crippen molar-refractivity contribution in [1.82, 2.24) is 5.32 Å². The van der Waals surface area contributed by atoms with Crippen LogP contribution in [0.2, 0.25) is 0 Å². The summed E-state index contributed by atoms with van der Waals surface area (Å²) in [6.07, 6.45) is 0.349. The van der Waals surface area contributed by atoms with E-state index in [-0.39, 0.29) is 17.8 Å². The first-order valence-electron chi connectivity index (χ1n) is 7.34. The lowest BCUT2D eigenvalue weighted by molar-refractivity contribution is -0.120. The zero-order valence-electron chi connectivity index (χ0n) is 12.4. The van der Waals surface area contributed by atoms with Gasteiger partial charge in [-0.2, -0.15) is 0 Å². The van der Waals surface area contributed by atoms with Crippen molar-refractivity contribution in [3.05, 3.63) is 93.9 Å². The Morgan fingerprint density at radius 3 is 2.30 bits per heavy atom. The van der Waals surface area contributed by atoms with Crippen molar-refractivity contribution in [2.45, 2.75) is 12.5 Å². The van der Waals surface area contributed by atoms with Gasteiger partial charge >= 0.3 is 0 Å². The summed E-state index contributed by atoms with van der Waals surface area (Å²) in [5, 5.41) is 5.01. The molecule has 0 saturated carbocycles. The molecule has 1 unspecified atom stereocenters. The van der Waals surface area contributed by atoms with E-state index in [9.17, 15) is 9.18 Å².